The Kier molecular flexibility index (Phi) is 4.81. The largest absolute Gasteiger partial charge is 0.338 e. The summed E-state index contributed by atoms with van der Waals surface area (Å²) < 4.78 is 1.02. The number of halogens is 3. The van der Waals surface area contributed by atoms with Crippen molar-refractivity contribution in [3.05, 3.63) is 80.7 Å². The Hall–Kier alpha value is -2.14. The number of hydrogen-bond acceptors (Lipinski definition) is 2. The van der Waals surface area contributed by atoms with Crippen molar-refractivity contribution in [2.24, 2.45) is 4.99 Å². The molecule has 1 heterocycles. The first-order valence-corrected chi connectivity index (χ1v) is 9.38. The van der Waals surface area contributed by atoms with Crippen molar-refractivity contribution in [2.75, 3.05) is 0 Å². The summed E-state index contributed by atoms with van der Waals surface area (Å²) in [6.07, 6.45) is 1.83. The minimum atomic E-state index is 0.560. The summed E-state index contributed by atoms with van der Waals surface area (Å²) in [5.74, 6) is 0.704. The van der Waals surface area contributed by atoms with E-state index in [2.05, 4.69) is 30.9 Å². The van der Waals surface area contributed by atoms with Gasteiger partial charge in [-0.25, -0.2) is 4.98 Å². The molecule has 0 aliphatic rings. The first-order valence-electron chi connectivity index (χ1n) is 7.83. The lowest BCUT2D eigenvalue weighted by molar-refractivity contribution is 1.34. The van der Waals surface area contributed by atoms with Gasteiger partial charge in [-0.05, 0) is 54.1 Å². The van der Waals surface area contributed by atoms with Crippen LogP contribution in [0, 0.1) is 0 Å². The van der Waals surface area contributed by atoms with Crippen LogP contribution in [-0.4, -0.2) is 16.2 Å². The Morgan fingerprint density at radius 1 is 1.00 bits per heavy atom. The average Bonchev–Trinajstić information content (AvgIpc) is 3.03. The van der Waals surface area contributed by atoms with Crippen molar-refractivity contribution in [3.8, 4) is 11.4 Å². The fourth-order valence-corrected chi connectivity index (χ4v) is 3.54. The molecule has 0 saturated carbocycles. The molecule has 0 saturated heterocycles. The van der Waals surface area contributed by atoms with E-state index in [1.807, 2.05) is 54.7 Å². The molecule has 0 spiro atoms. The van der Waals surface area contributed by atoms with Gasteiger partial charge in [-0.15, -0.1) is 0 Å². The third-order valence-corrected chi connectivity index (χ3v) is 4.90. The molecule has 0 atom stereocenters. The van der Waals surface area contributed by atoms with Crippen LogP contribution >= 0.6 is 39.1 Å². The number of rotatable bonds is 3. The third kappa shape index (κ3) is 3.68. The molecule has 26 heavy (non-hydrogen) atoms. The summed E-state index contributed by atoms with van der Waals surface area (Å²) in [6, 6.07) is 19.2. The van der Waals surface area contributed by atoms with Crippen LogP contribution in [0.3, 0.4) is 0 Å². The summed E-state index contributed by atoms with van der Waals surface area (Å²) >= 11 is 15.7. The molecule has 1 aromatic heterocycles. The minimum Gasteiger partial charge on any atom is -0.338 e. The van der Waals surface area contributed by atoms with Crippen LogP contribution < -0.4 is 0 Å². The molecule has 0 radical (unpaired) electrons. The van der Waals surface area contributed by atoms with Gasteiger partial charge in [-0.1, -0.05) is 51.3 Å². The number of aliphatic imine (C=N–C) groups is 1. The summed E-state index contributed by atoms with van der Waals surface area (Å²) in [7, 11) is 0. The van der Waals surface area contributed by atoms with E-state index >= 15 is 0 Å². The second-order valence-electron chi connectivity index (χ2n) is 5.72. The van der Waals surface area contributed by atoms with Gasteiger partial charge < -0.3 is 4.98 Å². The van der Waals surface area contributed by atoms with Gasteiger partial charge in [0.25, 0.3) is 0 Å². The number of nitrogens with zero attached hydrogens (tertiary/aromatic N) is 2. The first-order chi connectivity index (χ1) is 12.6. The molecule has 4 rings (SSSR count). The Morgan fingerprint density at radius 2 is 1.88 bits per heavy atom. The van der Waals surface area contributed by atoms with E-state index in [4.69, 9.17) is 23.2 Å². The van der Waals surface area contributed by atoms with Gasteiger partial charge in [0.1, 0.15) is 5.82 Å². The quantitative estimate of drug-likeness (QED) is 0.338. The molecular formula is C20H12BrCl2N3. The Balaban J connectivity index is 1.67. The fourth-order valence-electron chi connectivity index (χ4n) is 2.62. The van der Waals surface area contributed by atoms with E-state index in [0.717, 1.165) is 32.3 Å². The maximum Gasteiger partial charge on any atom is 0.140 e. The first kappa shape index (κ1) is 17.3. The number of aromatic nitrogens is 2. The molecule has 3 aromatic carbocycles. The predicted molar refractivity (Wildman–Crippen MR) is 113 cm³/mol. The van der Waals surface area contributed by atoms with Crippen LogP contribution in [0.25, 0.3) is 22.4 Å². The molecule has 4 aromatic rings. The van der Waals surface area contributed by atoms with Gasteiger partial charge in [-0.2, -0.15) is 0 Å². The highest BCUT2D eigenvalue weighted by atomic mass is 79.9. The van der Waals surface area contributed by atoms with Crippen LogP contribution in [0.5, 0.6) is 0 Å². The summed E-state index contributed by atoms with van der Waals surface area (Å²) in [5.41, 5.74) is 4.43. The number of imidazole rings is 1. The van der Waals surface area contributed by atoms with Crippen molar-refractivity contribution in [1.82, 2.24) is 9.97 Å². The number of fused-ring (bicyclic) bond motifs is 1. The van der Waals surface area contributed by atoms with Crippen LogP contribution in [0.2, 0.25) is 10.0 Å². The number of nitrogens with one attached hydrogen (secondary N) is 1. The number of H-pyrrole nitrogens is 1. The standard InChI is InChI=1S/C20H12BrCl2N3/c21-13-3-1-2-12(8-13)11-24-15-5-7-18-19(10-15)26-20(25-18)16-6-4-14(22)9-17(16)23/h1-11H,(H,25,26). The molecule has 0 bridgehead atoms. The number of hydrogen-bond donors (Lipinski definition) is 1. The van der Waals surface area contributed by atoms with Crippen LogP contribution in [-0.2, 0) is 0 Å². The summed E-state index contributed by atoms with van der Waals surface area (Å²) in [5, 5.41) is 1.16. The van der Waals surface area contributed by atoms with Crippen LogP contribution in [0.1, 0.15) is 5.56 Å². The minimum absolute atomic E-state index is 0.560. The molecule has 1 N–H and O–H groups in total. The topological polar surface area (TPSA) is 41.0 Å². The Bertz CT molecular complexity index is 1140. The predicted octanol–water partition coefficient (Wildman–Crippen LogP) is 7.05. The maximum atomic E-state index is 6.28. The second-order valence-corrected chi connectivity index (χ2v) is 7.48. The molecule has 0 aliphatic carbocycles. The molecule has 0 amide bonds. The lowest BCUT2D eigenvalue weighted by atomic mass is 10.2. The SMILES string of the molecule is Clc1ccc(-c2nc3ccc(N=Cc4cccc(Br)c4)cc3[nH]2)c(Cl)c1. The molecule has 3 nitrogen and oxygen atoms in total. The summed E-state index contributed by atoms with van der Waals surface area (Å²) in [4.78, 5) is 12.4. The van der Waals surface area contributed by atoms with Crippen molar-refractivity contribution in [3.63, 3.8) is 0 Å². The third-order valence-electron chi connectivity index (χ3n) is 3.86. The highest BCUT2D eigenvalue weighted by Crippen LogP contribution is 2.30. The number of aromatic amines is 1. The molecule has 0 unspecified atom stereocenters. The zero-order valence-corrected chi connectivity index (χ0v) is 16.5. The Morgan fingerprint density at radius 3 is 2.69 bits per heavy atom. The molecule has 0 fully saturated rings. The van der Waals surface area contributed by atoms with Gasteiger partial charge in [0.05, 0.1) is 21.7 Å². The van der Waals surface area contributed by atoms with Gasteiger partial charge in [0.2, 0.25) is 0 Å². The van der Waals surface area contributed by atoms with E-state index in [9.17, 15) is 0 Å². The zero-order valence-electron chi connectivity index (χ0n) is 13.4. The molecule has 128 valence electrons. The van der Waals surface area contributed by atoms with Crippen molar-refractivity contribution >= 4 is 62.1 Å². The van der Waals surface area contributed by atoms with Crippen molar-refractivity contribution < 1.29 is 0 Å². The van der Waals surface area contributed by atoms with Crippen molar-refractivity contribution in [2.45, 2.75) is 0 Å². The summed E-state index contributed by atoms with van der Waals surface area (Å²) in [6.45, 7) is 0. The highest BCUT2D eigenvalue weighted by Gasteiger charge is 2.09. The number of benzene rings is 3. The van der Waals surface area contributed by atoms with Gasteiger partial charge in [0, 0.05) is 21.3 Å². The normalized spacial score (nSPS) is 11.5. The maximum absolute atomic E-state index is 6.28. The zero-order chi connectivity index (χ0) is 18.1. The van der Waals surface area contributed by atoms with Crippen LogP contribution in [0.15, 0.2) is 70.1 Å². The van der Waals surface area contributed by atoms with E-state index in [-0.39, 0.29) is 0 Å². The molecule has 0 aliphatic heterocycles. The average molecular weight is 445 g/mol. The molecular weight excluding hydrogens is 433 g/mol. The van der Waals surface area contributed by atoms with Gasteiger partial charge >= 0.3 is 0 Å². The monoisotopic (exact) mass is 443 g/mol. The molecule has 6 heteroatoms. The second kappa shape index (κ2) is 7.23. The van der Waals surface area contributed by atoms with E-state index in [0.29, 0.717) is 15.9 Å². The van der Waals surface area contributed by atoms with Gasteiger partial charge in [0.15, 0.2) is 0 Å². The van der Waals surface area contributed by atoms with E-state index < -0.39 is 0 Å². The smallest absolute Gasteiger partial charge is 0.140 e. The van der Waals surface area contributed by atoms with Crippen LogP contribution in [0.4, 0.5) is 5.69 Å². The van der Waals surface area contributed by atoms with E-state index in [1.54, 1.807) is 12.1 Å². The van der Waals surface area contributed by atoms with Crippen molar-refractivity contribution in [1.29, 1.82) is 0 Å². The highest BCUT2D eigenvalue weighted by molar-refractivity contribution is 9.10. The van der Waals surface area contributed by atoms with Gasteiger partial charge in [-0.3, -0.25) is 4.99 Å². The lowest BCUT2D eigenvalue weighted by Gasteiger charge is -2.00. The fraction of sp³-hybridized carbons (Fsp3) is 0. The van der Waals surface area contributed by atoms with E-state index in [1.165, 1.54) is 0 Å². The lowest BCUT2D eigenvalue weighted by Crippen LogP contribution is -1.81. The Labute approximate surface area is 168 Å².